The van der Waals surface area contributed by atoms with Gasteiger partial charge >= 0.3 is 0 Å². The maximum Gasteiger partial charge on any atom is 0.264 e. The molecular weight excluding hydrogens is 480 g/mol. The molecule has 3 aromatic rings. The zero-order valence-corrected chi connectivity index (χ0v) is 19.8. The van der Waals surface area contributed by atoms with Gasteiger partial charge in [-0.15, -0.1) is 5.10 Å². The summed E-state index contributed by atoms with van der Waals surface area (Å²) >= 11 is 0. The number of aromatic nitrogens is 2. The van der Waals surface area contributed by atoms with E-state index in [0.29, 0.717) is 16.9 Å². The molecule has 0 bridgehead atoms. The van der Waals surface area contributed by atoms with Gasteiger partial charge in [-0.1, -0.05) is 12.1 Å². The number of nitrogens with two attached hydrogens (primary N) is 2. The van der Waals surface area contributed by atoms with Gasteiger partial charge in [0.1, 0.15) is 5.65 Å². The van der Waals surface area contributed by atoms with E-state index in [-0.39, 0.29) is 30.2 Å². The Hall–Kier alpha value is -3.22. The molecule has 0 atom stereocenters. The molecule has 2 heterocycles. The standard InChI is InChI=1S/C24H28F4N6O2/c1-23(2,35)13-36-12-14-5-6-33-19(11-31-20(33)7-14)18-8-15(3-4-17(18)21(25)26)22(29)32-34(30)16-9-24(27,28)10-16/h3-8,11,16,21,35H,9-10,12-13,30H2,1-2H3,(H2,29,32). The van der Waals surface area contributed by atoms with Gasteiger partial charge in [0, 0.05) is 35.7 Å². The summed E-state index contributed by atoms with van der Waals surface area (Å²) in [6.07, 6.45) is -0.459. The molecule has 4 rings (SSSR count). The summed E-state index contributed by atoms with van der Waals surface area (Å²) in [5.41, 5.74) is 7.07. The van der Waals surface area contributed by atoms with Gasteiger partial charge in [0.05, 0.1) is 36.7 Å². The van der Waals surface area contributed by atoms with Gasteiger partial charge in [0.2, 0.25) is 0 Å². The lowest BCUT2D eigenvalue weighted by atomic mass is 9.88. The van der Waals surface area contributed by atoms with Crippen LogP contribution in [-0.2, 0) is 11.3 Å². The van der Waals surface area contributed by atoms with Crippen molar-refractivity contribution in [3.63, 3.8) is 0 Å². The summed E-state index contributed by atoms with van der Waals surface area (Å²) in [5.74, 6) is 2.91. The first-order chi connectivity index (χ1) is 16.8. The van der Waals surface area contributed by atoms with E-state index < -0.39 is 36.8 Å². The van der Waals surface area contributed by atoms with Crippen LogP contribution in [0.5, 0.6) is 0 Å². The van der Waals surface area contributed by atoms with Crippen molar-refractivity contribution in [3.8, 4) is 11.3 Å². The third kappa shape index (κ3) is 5.77. The molecule has 0 aliphatic heterocycles. The maximum atomic E-state index is 13.9. The Morgan fingerprint density at radius 2 is 2.03 bits per heavy atom. The summed E-state index contributed by atoms with van der Waals surface area (Å²) in [6, 6.07) is 6.95. The van der Waals surface area contributed by atoms with E-state index in [1.165, 1.54) is 24.4 Å². The van der Waals surface area contributed by atoms with Crippen LogP contribution in [0.4, 0.5) is 17.6 Å². The zero-order chi connectivity index (χ0) is 26.3. The van der Waals surface area contributed by atoms with Crippen molar-refractivity contribution in [2.75, 3.05) is 6.61 Å². The largest absolute Gasteiger partial charge is 0.388 e. The number of ether oxygens (including phenoxy) is 1. The van der Waals surface area contributed by atoms with Crippen molar-refractivity contribution in [2.24, 2.45) is 16.7 Å². The zero-order valence-electron chi connectivity index (χ0n) is 19.8. The number of rotatable bonds is 9. The summed E-state index contributed by atoms with van der Waals surface area (Å²) in [6.45, 7) is 3.67. The van der Waals surface area contributed by atoms with E-state index in [1.54, 1.807) is 36.6 Å². The molecule has 0 saturated heterocycles. The van der Waals surface area contributed by atoms with Crippen LogP contribution in [-0.4, -0.2) is 49.6 Å². The van der Waals surface area contributed by atoms with Crippen molar-refractivity contribution < 1.29 is 27.4 Å². The number of imidazole rings is 1. The Morgan fingerprint density at radius 3 is 2.67 bits per heavy atom. The number of aliphatic hydroxyl groups is 1. The lowest BCUT2D eigenvalue weighted by Crippen LogP contribution is -2.52. The molecule has 12 heteroatoms. The van der Waals surface area contributed by atoms with Crippen LogP contribution in [0, 0.1) is 0 Å². The summed E-state index contributed by atoms with van der Waals surface area (Å²) in [5, 5.41) is 14.7. The lowest BCUT2D eigenvalue weighted by Gasteiger charge is -2.38. The summed E-state index contributed by atoms with van der Waals surface area (Å²) in [7, 11) is 0. The highest BCUT2D eigenvalue weighted by Gasteiger charge is 2.47. The topological polar surface area (TPSA) is 114 Å². The normalized spacial score (nSPS) is 16.5. The van der Waals surface area contributed by atoms with Crippen molar-refractivity contribution in [2.45, 2.75) is 57.3 Å². The van der Waals surface area contributed by atoms with Crippen molar-refractivity contribution in [3.05, 3.63) is 59.4 Å². The Labute approximate surface area is 205 Å². The van der Waals surface area contributed by atoms with Crippen LogP contribution in [0.15, 0.2) is 47.8 Å². The van der Waals surface area contributed by atoms with E-state index in [4.69, 9.17) is 16.3 Å². The highest BCUT2D eigenvalue weighted by Crippen LogP contribution is 2.39. The van der Waals surface area contributed by atoms with Gasteiger partial charge in [-0.25, -0.2) is 33.5 Å². The van der Waals surface area contributed by atoms with Crippen LogP contribution in [0.25, 0.3) is 16.9 Å². The van der Waals surface area contributed by atoms with Gasteiger partial charge in [-0.3, -0.25) is 4.40 Å². The van der Waals surface area contributed by atoms with Gasteiger partial charge in [0.15, 0.2) is 5.84 Å². The van der Waals surface area contributed by atoms with E-state index in [0.717, 1.165) is 10.7 Å². The molecule has 0 spiro atoms. The quantitative estimate of drug-likeness (QED) is 0.133. The second kappa shape index (κ2) is 9.68. The number of fused-ring (bicyclic) bond motifs is 1. The average molecular weight is 509 g/mol. The van der Waals surface area contributed by atoms with E-state index in [1.807, 2.05) is 0 Å². The third-order valence-electron chi connectivity index (χ3n) is 5.83. The first-order valence-electron chi connectivity index (χ1n) is 11.3. The minimum absolute atomic E-state index is 0.0881. The molecule has 1 aromatic carbocycles. The Kier molecular flexibility index (Phi) is 6.95. The molecule has 5 N–H and O–H groups in total. The second-order valence-corrected chi connectivity index (χ2v) is 9.60. The molecule has 36 heavy (non-hydrogen) atoms. The monoisotopic (exact) mass is 508 g/mol. The molecule has 0 radical (unpaired) electrons. The number of hydrogen-bond donors (Lipinski definition) is 3. The number of pyridine rings is 1. The predicted octanol–water partition coefficient (Wildman–Crippen LogP) is 3.82. The Morgan fingerprint density at radius 1 is 1.31 bits per heavy atom. The van der Waals surface area contributed by atoms with Crippen molar-refractivity contribution >= 4 is 11.5 Å². The van der Waals surface area contributed by atoms with Crippen LogP contribution < -0.4 is 11.6 Å². The number of benzene rings is 1. The third-order valence-corrected chi connectivity index (χ3v) is 5.83. The fourth-order valence-electron chi connectivity index (χ4n) is 3.94. The molecule has 1 aliphatic carbocycles. The van der Waals surface area contributed by atoms with Crippen LogP contribution in [0.3, 0.4) is 0 Å². The number of amidine groups is 1. The molecular formula is C24H28F4N6O2. The smallest absolute Gasteiger partial charge is 0.264 e. The molecule has 0 amide bonds. The fraction of sp³-hybridized carbons (Fsp3) is 0.417. The van der Waals surface area contributed by atoms with Gasteiger partial charge in [-0.05, 0) is 37.6 Å². The highest BCUT2D eigenvalue weighted by atomic mass is 19.3. The van der Waals surface area contributed by atoms with Gasteiger partial charge in [-0.2, -0.15) is 0 Å². The molecule has 1 saturated carbocycles. The lowest BCUT2D eigenvalue weighted by molar-refractivity contribution is -0.124. The fourth-order valence-corrected chi connectivity index (χ4v) is 3.94. The Balaban J connectivity index is 1.62. The second-order valence-electron chi connectivity index (χ2n) is 9.60. The van der Waals surface area contributed by atoms with E-state index in [2.05, 4.69) is 10.1 Å². The molecule has 8 nitrogen and oxygen atoms in total. The maximum absolute atomic E-state index is 13.9. The Bertz CT molecular complexity index is 1260. The van der Waals surface area contributed by atoms with Gasteiger partial charge < -0.3 is 15.6 Å². The van der Waals surface area contributed by atoms with Crippen LogP contribution >= 0.6 is 0 Å². The molecule has 1 aliphatic rings. The van der Waals surface area contributed by atoms with Crippen LogP contribution in [0.2, 0.25) is 0 Å². The molecule has 1 fully saturated rings. The van der Waals surface area contributed by atoms with Crippen LogP contribution in [0.1, 0.15) is 49.8 Å². The number of hydrazone groups is 1. The number of halogens is 4. The predicted molar refractivity (Wildman–Crippen MR) is 126 cm³/mol. The van der Waals surface area contributed by atoms with Crippen molar-refractivity contribution in [1.82, 2.24) is 14.5 Å². The van der Waals surface area contributed by atoms with E-state index >= 15 is 0 Å². The first kappa shape index (κ1) is 25.9. The van der Waals surface area contributed by atoms with Crippen molar-refractivity contribution in [1.29, 1.82) is 0 Å². The molecule has 2 aromatic heterocycles. The highest BCUT2D eigenvalue weighted by molar-refractivity contribution is 5.98. The first-order valence-corrected chi connectivity index (χ1v) is 11.3. The number of nitrogens with zero attached hydrogens (tertiary/aromatic N) is 4. The van der Waals surface area contributed by atoms with Gasteiger partial charge in [0.25, 0.3) is 12.3 Å². The average Bonchev–Trinajstić information content (AvgIpc) is 3.19. The number of hydrogen-bond acceptors (Lipinski definition) is 6. The number of alkyl halides is 4. The summed E-state index contributed by atoms with van der Waals surface area (Å²) < 4.78 is 61.2. The minimum Gasteiger partial charge on any atom is -0.388 e. The molecule has 194 valence electrons. The SMILES string of the molecule is CC(C)(O)COCc1ccn2c(-c3cc(/C(N)=N/N(N)C4CC(F)(F)C4)ccc3C(F)F)cnc2c1. The molecule has 0 unspecified atom stereocenters. The van der Waals surface area contributed by atoms with E-state index in [9.17, 15) is 22.7 Å². The number of hydrazine groups is 1. The summed E-state index contributed by atoms with van der Waals surface area (Å²) in [4.78, 5) is 4.34. The minimum atomic E-state index is -2.77.